The summed E-state index contributed by atoms with van der Waals surface area (Å²) in [5.41, 5.74) is 4.49. The van der Waals surface area contributed by atoms with Gasteiger partial charge >= 0.3 is 0 Å². The first-order valence-corrected chi connectivity index (χ1v) is 8.93. The average molecular weight is 361 g/mol. The van der Waals surface area contributed by atoms with Crippen LogP contribution in [-0.2, 0) is 20.0 Å². The molecule has 0 radical (unpaired) electrons. The van der Waals surface area contributed by atoms with E-state index in [1.165, 1.54) is 9.36 Å². The lowest BCUT2D eigenvalue weighted by molar-refractivity contribution is 0.389. The van der Waals surface area contributed by atoms with Gasteiger partial charge in [0, 0.05) is 18.8 Å². The van der Waals surface area contributed by atoms with Gasteiger partial charge in [-0.1, -0.05) is 18.9 Å². The molecule has 0 atom stereocenters. The SMILES string of the molecule is CC#Cc1cc(C)c(-c2c(O)n(C)n(Cc3ccccn3)c2=O)c(CC)c1. The number of rotatable bonds is 4. The largest absolute Gasteiger partial charge is 0.493 e. The summed E-state index contributed by atoms with van der Waals surface area (Å²) in [7, 11) is 1.68. The van der Waals surface area contributed by atoms with Crippen LogP contribution in [0.2, 0.25) is 0 Å². The van der Waals surface area contributed by atoms with E-state index < -0.39 is 0 Å². The Morgan fingerprint density at radius 3 is 2.63 bits per heavy atom. The molecule has 1 aromatic carbocycles. The van der Waals surface area contributed by atoms with E-state index in [1.54, 1.807) is 20.2 Å². The Morgan fingerprint density at radius 1 is 1.22 bits per heavy atom. The lowest BCUT2D eigenvalue weighted by Gasteiger charge is -2.11. The van der Waals surface area contributed by atoms with Gasteiger partial charge in [0.15, 0.2) is 0 Å². The molecule has 3 aromatic rings. The first-order valence-electron chi connectivity index (χ1n) is 8.93. The predicted octanol–water partition coefficient (Wildman–Crippen LogP) is 3.24. The Balaban J connectivity index is 2.20. The normalized spacial score (nSPS) is 10.5. The fourth-order valence-corrected chi connectivity index (χ4v) is 3.39. The van der Waals surface area contributed by atoms with Crippen LogP contribution in [0, 0.1) is 18.8 Å². The number of aryl methyl sites for hydroxylation is 2. The van der Waals surface area contributed by atoms with Gasteiger partial charge in [0.2, 0.25) is 5.88 Å². The maximum absolute atomic E-state index is 13.2. The third kappa shape index (κ3) is 3.39. The number of aromatic nitrogens is 3. The van der Waals surface area contributed by atoms with Gasteiger partial charge in [-0.25, -0.2) is 4.68 Å². The van der Waals surface area contributed by atoms with E-state index in [0.717, 1.165) is 34.4 Å². The van der Waals surface area contributed by atoms with Crippen LogP contribution in [0.3, 0.4) is 0 Å². The Hall–Kier alpha value is -3.26. The quantitative estimate of drug-likeness (QED) is 0.726. The fraction of sp³-hybridized carbons (Fsp3) is 0.273. The van der Waals surface area contributed by atoms with Gasteiger partial charge in [-0.15, -0.1) is 5.92 Å². The highest BCUT2D eigenvalue weighted by molar-refractivity contribution is 5.75. The molecule has 2 heterocycles. The van der Waals surface area contributed by atoms with Crippen molar-refractivity contribution in [2.45, 2.75) is 33.7 Å². The average Bonchev–Trinajstić information content (AvgIpc) is 2.86. The topological polar surface area (TPSA) is 60.1 Å². The monoisotopic (exact) mass is 361 g/mol. The summed E-state index contributed by atoms with van der Waals surface area (Å²) < 4.78 is 3.00. The molecule has 2 aromatic heterocycles. The summed E-state index contributed by atoms with van der Waals surface area (Å²) in [6.07, 6.45) is 2.43. The van der Waals surface area contributed by atoms with Gasteiger partial charge in [-0.2, -0.15) is 0 Å². The zero-order chi connectivity index (χ0) is 19.6. The van der Waals surface area contributed by atoms with Gasteiger partial charge in [-0.05, 0) is 61.2 Å². The van der Waals surface area contributed by atoms with Gasteiger partial charge in [0.1, 0.15) is 5.56 Å². The number of hydrogen-bond donors (Lipinski definition) is 1. The molecule has 1 N–H and O–H groups in total. The molecule has 0 saturated carbocycles. The molecule has 0 bridgehead atoms. The first-order chi connectivity index (χ1) is 13.0. The van der Waals surface area contributed by atoms with Gasteiger partial charge < -0.3 is 5.11 Å². The zero-order valence-electron chi connectivity index (χ0n) is 16.1. The molecule has 0 unspecified atom stereocenters. The van der Waals surface area contributed by atoms with E-state index in [4.69, 9.17) is 0 Å². The molecule has 0 aliphatic carbocycles. The molecular formula is C22H23N3O2. The van der Waals surface area contributed by atoms with Crippen LogP contribution < -0.4 is 5.56 Å². The Morgan fingerprint density at radius 2 is 2.00 bits per heavy atom. The van der Waals surface area contributed by atoms with Crippen molar-refractivity contribution in [2.75, 3.05) is 0 Å². The van der Waals surface area contributed by atoms with E-state index in [2.05, 4.69) is 16.8 Å². The molecule has 27 heavy (non-hydrogen) atoms. The minimum atomic E-state index is -0.229. The predicted molar refractivity (Wildman–Crippen MR) is 107 cm³/mol. The summed E-state index contributed by atoms with van der Waals surface area (Å²) in [4.78, 5) is 17.5. The third-order valence-corrected chi connectivity index (χ3v) is 4.70. The van der Waals surface area contributed by atoms with Crippen molar-refractivity contribution in [1.29, 1.82) is 0 Å². The number of benzene rings is 1. The molecule has 0 spiro atoms. The summed E-state index contributed by atoms with van der Waals surface area (Å²) in [6.45, 7) is 6.08. The van der Waals surface area contributed by atoms with E-state index in [0.29, 0.717) is 12.1 Å². The zero-order valence-corrected chi connectivity index (χ0v) is 16.1. The number of hydrogen-bond acceptors (Lipinski definition) is 3. The number of pyridine rings is 1. The first kappa shape index (κ1) is 18.5. The second-order valence-corrected chi connectivity index (χ2v) is 6.46. The Labute approximate surface area is 158 Å². The second-order valence-electron chi connectivity index (χ2n) is 6.46. The van der Waals surface area contributed by atoms with Crippen molar-refractivity contribution < 1.29 is 5.11 Å². The maximum atomic E-state index is 13.2. The fourth-order valence-electron chi connectivity index (χ4n) is 3.39. The van der Waals surface area contributed by atoms with Crippen LogP contribution in [-0.4, -0.2) is 19.5 Å². The van der Waals surface area contributed by atoms with Crippen LogP contribution in [0.5, 0.6) is 5.88 Å². The van der Waals surface area contributed by atoms with Crippen LogP contribution in [0.25, 0.3) is 11.1 Å². The lowest BCUT2D eigenvalue weighted by Crippen LogP contribution is -2.23. The summed E-state index contributed by atoms with van der Waals surface area (Å²) >= 11 is 0. The smallest absolute Gasteiger partial charge is 0.278 e. The van der Waals surface area contributed by atoms with Crippen molar-refractivity contribution in [1.82, 2.24) is 14.3 Å². The lowest BCUT2D eigenvalue weighted by atomic mass is 9.93. The summed E-state index contributed by atoms with van der Waals surface area (Å²) in [5, 5.41) is 10.7. The minimum absolute atomic E-state index is 0.0388. The standard InChI is InChI=1S/C22H23N3O2/c1-5-9-16-12-15(3)19(17(6-2)13-16)20-21(26)24(4)25(22(20)27)14-18-10-7-8-11-23-18/h7-8,10-13,26H,6,14H2,1-4H3. The molecule has 3 rings (SSSR count). The highest BCUT2D eigenvalue weighted by atomic mass is 16.3. The molecular weight excluding hydrogens is 338 g/mol. The molecule has 5 nitrogen and oxygen atoms in total. The van der Waals surface area contributed by atoms with E-state index in [9.17, 15) is 9.90 Å². The summed E-state index contributed by atoms with van der Waals surface area (Å²) in [6, 6.07) is 9.52. The van der Waals surface area contributed by atoms with E-state index in [-0.39, 0.29) is 11.4 Å². The van der Waals surface area contributed by atoms with Crippen LogP contribution in [0.1, 0.15) is 36.2 Å². The summed E-state index contributed by atoms with van der Waals surface area (Å²) in [5.74, 6) is 5.94. The van der Waals surface area contributed by atoms with Crippen molar-refractivity contribution in [3.8, 4) is 28.8 Å². The van der Waals surface area contributed by atoms with Crippen molar-refractivity contribution in [2.24, 2.45) is 7.05 Å². The molecule has 138 valence electrons. The van der Waals surface area contributed by atoms with Gasteiger partial charge in [0.25, 0.3) is 5.56 Å². The maximum Gasteiger partial charge on any atom is 0.278 e. The van der Waals surface area contributed by atoms with Gasteiger partial charge in [-0.3, -0.25) is 14.5 Å². The Bertz CT molecular complexity index is 1100. The highest BCUT2D eigenvalue weighted by Gasteiger charge is 2.23. The van der Waals surface area contributed by atoms with E-state index in [1.807, 2.05) is 44.2 Å². The molecule has 0 aliphatic rings. The number of nitrogens with zero attached hydrogens (tertiary/aromatic N) is 3. The van der Waals surface area contributed by atoms with Crippen LogP contribution in [0.15, 0.2) is 41.3 Å². The Kier molecular flexibility index (Phi) is 5.18. The van der Waals surface area contributed by atoms with Crippen LogP contribution >= 0.6 is 0 Å². The van der Waals surface area contributed by atoms with Gasteiger partial charge in [0.05, 0.1) is 12.2 Å². The van der Waals surface area contributed by atoms with Crippen LogP contribution in [0.4, 0.5) is 0 Å². The molecule has 5 heteroatoms. The number of aromatic hydroxyl groups is 1. The minimum Gasteiger partial charge on any atom is -0.493 e. The van der Waals surface area contributed by atoms with Crippen molar-refractivity contribution in [3.63, 3.8) is 0 Å². The molecule has 0 saturated heterocycles. The molecule has 0 fully saturated rings. The van der Waals surface area contributed by atoms with Crippen molar-refractivity contribution >= 4 is 0 Å². The van der Waals surface area contributed by atoms with E-state index >= 15 is 0 Å². The molecule has 0 aliphatic heterocycles. The van der Waals surface area contributed by atoms with Crippen molar-refractivity contribution in [3.05, 3.63) is 69.3 Å². The third-order valence-electron chi connectivity index (χ3n) is 4.70. The highest BCUT2D eigenvalue weighted by Crippen LogP contribution is 2.33. The molecule has 0 amide bonds. The second kappa shape index (κ2) is 7.55.